The number of hydrogen-bond acceptors (Lipinski definition) is 5. The number of nitrogens with zero attached hydrogens (tertiary/aromatic N) is 3. The topological polar surface area (TPSA) is 85.9 Å². The van der Waals surface area contributed by atoms with Crippen LogP contribution in [0.15, 0.2) is 42.9 Å². The van der Waals surface area contributed by atoms with E-state index >= 15 is 0 Å². The van der Waals surface area contributed by atoms with Crippen molar-refractivity contribution in [3.05, 3.63) is 48.4 Å². The number of benzene rings is 1. The van der Waals surface area contributed by atoms with Gasteiger partial charge in [0.2, 0.25) is 5.91 Å². The van der Waals surface area contributed by atoms with Gasteiger partial charge in [-0.3, -0.25) is 4.79 Å². The molecule has 2 atom stereocenters. The highest BCUT2D eigenvalue weighted by Gasteiger charge is 2.37. The summed E-state index contributed by atoms with van der Waals surface area (Å²) >= 11 is 0. The van der Waals surface area contributed by atoms with Gasteiger partial charge in [0.25, 0.3) is 0 Å². The van der Waals surface area contributed by atoms with Crippen LogP contribution in [0.2, 0.25) is 0 Å². The molecule has 1 amide bonds. The molecule has 0 unspecified atom stereocenters. The molecule has 32 heavy (non-hydrogen) atoms. The molecule has 1 saturated heterocycles. The second-order valence-corrected chi connectivity index (χ2v) is 9.43. The molecule has 2 fully saturated rings. The minimum absolute atomic E-state index is 0.114. The Labute approximate surface area is 189 Å². The molecule has 1 saturated carbocycles. The van der Waals surface area contributed by atoms with Crippen LogP contribution < -0.4 is 15.5 Å². The van der Waals surface area contributed by atoms with Crippen molar-refractivity contribution in [3.8, 4) is 0 Å². The Balaban J connectivity index is 1.28. The Morgan fingerprint density at radius 1 is 1.16 bits per heavy atom. The molecule has 5 rings (SSSR count). The third-order valence-electron chi connectivity index (χ3n) is 6.67. The monoisotopic (exact) mass is 432 g/mol. The standard InChI is InChI=1S/C25H32N6O/c1-16(2)19-7-3-4-8-21(19)30-22(17-9-10-17)25(32)29-18-6-5-13-31(14-18)24-20-11-12-26-23(20)27-15-28-24/h3-4,7-8,11-12,15-18,22,30H,5-6,9-10,13-14H2,1-2H3,(H,29,32)(H,26,27,28)/t18-,22-/m1/s1. The quantitative estimate of drug-likeness (QED) is 0.524. The number of rotatable bonds is 7. The summed E-state index contributed by atoms with van der Waals surface area (Å²) in [5, 5.41) is 7.98. The van der Waals surface area contributed by atoms with Gasteiger partial charge in [-0.25, -0.2) is 9.97 Å². The fourth-order valence-corrected chi connectivity index (χ4v) is 4.82. The highest BCUT2D eigenvalue weighted by molar-refractivity contribution is 5.88. The van der Waals surface area contributed by atoms with Crippen molar-refractivity contribution in [1.29, 1.82) is 0 Å². The van der Waals surface area contributed by atoms with Crippen LogP contribution in [0.1, 0.15) is 51.0 Å². The predicted octanol–water partition coefficient (Wildman–Crippen LogP) is 4.06. The molecule has 2 aliphatic rings. The molecule has 3 heterocycles. The van der Waals surface area contributed by atoms with Gasteiger partial charge in [-0.05, 0) is 55.2 Å². The molecule has 0 bridgehead atoms. The minimum atomic E-state index is -0.180. The van der Waals surface area contributed by atoms with Crippen LogP contribution in [0, 0.1) is 5.92 Å². The molecule has 7 heteroatoms. The lowest BCUT2D eigenvalue weighted by molar-refractivity contribution is -0.123. The largest absolute Gasteiger partial charge is 0.373 e. The van der Waals surface area contributed by atoms with E-state index in [0.29, 0.717) is 11.8 Å². The number of carbonyl (C=O) groups is 1. The van der Waals surface area contributed by atoms with Gasteiger partial charge in [0.1, 0.15) is 23.8 Å². The molecular weight excluding hydrogens is 400 g/mol. The zero-order valence-electron chi connectivity index (χ0n) is 18.8. The van der Waals surface area contributed by atoms with E-state index < -0.39 is 0 Å². The van der Waals surface area contributed by atoms with Gasteiger partial charge in [0.15, 0.2) is 0 Å². The van der Waals surface area contributed by atoms with Crippen LogP contribution in [0.3, 0.4) is 0 Å². The van der Waals surface area contributed by atoms with E-state index in [4.69, 9.17) is 0 Å². The first-order valence-corrected chi connectivity index (χ1v) is 11.8. The van der Waals surface area contributed by atoms with Crippen LogP contribution in [-0.2, 0) is 4.79 Å². The van der Waals surface area contributed by atoms with Crippen molar-refractivity contribution in [1.82, 2.24) is 20.3 Å². The van der Waals surface area contributed by atoms with Crippen molar-refractivity contribution >= 4 is 28.4 Å². The summed E-state index contributed by atoms with van der Waals surface area (Å²) in [7, 11) is 0. The number of aromatic nitrogens is 3. The molecule has 2 aromatic heterocycles. The lowest BCUT2D eigenvalue weighted by atomic mass is 9.99. The van der Waals surface area contributed by atoms with E-state index in [0.717, 1.165) is 61.3 Å². The van der Waals surface area contributed by atoms with Crippen LogP contribution in [0.25, 0.3) is 11.0 Å². The van der Waals surface area contributed by atoms with E-state index in [1.807, 2.05) is 18.3 Å². The highest BCUT2D eigenvalue weighted by Crippen LogP contribution is 2.36. The SMILES string of the molecule is CC(C)c1ccccc1N[C@@H](C(=O)N[C@@H]1CCCN(c2ncnc3[nH]ccc23)C1)C1CC1. The second-order valence-electron chi connectivity index (χ2n) is 9.43. The van der Waals surface area contributed by atoms with Crippen molar-refractivity contribution < 1.29 is 4.79 Å². The number of para-hydroxylation sites is 1. The smallest absolute Gasteiger partial charge is 0.243 e. The molecule has 168 valence electrons. The Bertz CT molecular complexity index is 1090. The third-order valence-corrected chi connectivity index (χ3v) is 6.67. The zero-order valence-corrected chi connectivity index (χ0v) is 18.8. The fourth-order valence-electron chi connectivity index (χ4n) is 4.82. The normalized spacial score (nSPS) is 19.8. The van der Waals surface area contributed by atoms with Crippen molar-refractivity contribution in [3.63, 3.8) is 0 Å². The number of anilines is 2. The van der Waals surface area contributed by atoms with E-state index in [1.54, 1.807) is 6.33 Å². The number of hydrogen-bond donors (Lipinski definition) is 3. The Kier molecular flexibility index (Phi) is 5.72. The lowest BCUT2D eigenvalue weighted by Crippen LogP contribution is -2.52. The Morgan fingerprint density at radius 2 is 2.00 bits per heavy atom. The van der Waals surface area contributed by atoms with E-state index in [-0.39, 0.29) is 18.0 Å². The first-order chi connectivity index (χ1) is 15.6. The van der Waals surface area contributed by atoms with Crippen molar-refractivity contribution in [2.45, 2.75) is 57.5 Å². The number of amides is 1. The maximum absolute atomic E-state index is 13.4. The number of H-pyrrole nitrogens is 1. The summed E-state index contributed by atoms with van der Waals surface area (Å²) in [5.74, 6) is 1.88. The highest BCUT2D eigenvalue weighted by atomic mass is 16.2. The van der Waals surface area contributed by atoms with E-state index in [9.17, 15) is 4.79 Å². The summed E-state index contributed by atoms with van der Waals surface area (Å²) < 4.78 is 0. The molecule has 1 aromatic carbocycles. The van der Waals surface area contributed by atoms with Crippen molar-refractivity contribution in [2.24, 2.45) is 5.92 Å². The summed E-state index contributed by atoms with van der Waals surface area (Å²) in [4.78, 5) is 27.6. The molecule has 3 aromatic rings. The molecule has 3 N–H and O–H groups in total. The zero-order chi connectivity index (χ0) is 22.1. The van der Waals surface area contributed by atoms with Crippen LogP contribution in [0.4, 0.5) is 11.5 Å². The minimum Gasteiger partial charge on any atom is -0.373 e. The molecule has 1 aliphatic carbocycles. The molecule has 0 spiro atoms. The summed E-state index contributed by atoms with van der Waals surface area (Å²) in [6.45, 7) is 6.09. The number of aromatic amines is 1. The van der Waals surface area contributed by atoms with Crippen LogP contribution in [0.5, 0.6) is 0 Å². The molecule has 1 aliphatic heterocycles. The van der Waals surface area contributed by atoms with Gasteiger partial charge < -0.3 is 20.5 Å². The van der Waals surface area contributed by atoms with Gasteiger partial charge in [-0.1, -0.05) is 32.0 Å². The van der Waals surface area contributed by atoms with Gasteiger partial charge >= 0.3 is 0 Å². The first kappa shape index (κ1) is 20.8. The average molecular weight is 433 g/mol. The number of nitrogens with one attached hydrogen (secondary N) is 3. The van der Waals surface area contributed by atoms with E-state index in [2.05, 4.69) is 62.5 Å². The van der Waals surface area contributed by atoms with E-state index in [1.165, 1.54) is 5.56 Å². The molecular formula is C25H32N6O. The fraction of sp³-hybridized carbons (Fsp3) is 0.480. The van der Waals surface area contributed by atoms with Crippen molar-refractivity contribution in [2.75, 3.05) is 23.3 Å². The summed E-state index contributed by atoms with van der Waals surface area (Å²) in [5.41, 5.74) is 3.19. The molecule has 0 radical (unpaired) electrons. The Hall–Kier alpha value is -3.09. The van der Waals surface area contributed by atoms with Gasteiger partial charge in [-0.15, -0.1) is 0 Å². The van der Waals surface area contributed by atoms with Gasteiger partial charge in [0.05, 0.1) is 5.39 Å². The maximum atomic E-state index is 13.4. The van der Waals surface area contributed by atoms with Gasteiger partial charge in [0, 0.05) is 31.0 Å². The third kappa shape index (κ3) is 4.29. The second kappa shape index (κ2) is 8.81. The summed E-state index contributed by atoms with van der Waals surface area (Å²) in [6.07, 6.45) is 7.74. The molecule has 7 nitrogen and oxygen atoms in total. The number of carbonyl (C=O) groups excluding carboxylic acids is 1. The first-order valence-electron chi connectivity index (χ1n) is 11.8. The number of piperidine rings is 1. The lowest BCUT2D eigenvalue weighted by Gasteiger charge is -2.35. The predicted molar refractivity (Wildman–Crippen MR) is 128 cm³/mol. The van der Waals surface area contributed by atoms with Crippen LogP contribution >= 0.6 is 0 Å². The summed E-state index contributed by atoms with van der Waals surface area (Å²) in [6, 6.07) is 10.3. The van der Waals surface area contributed by atoms with Crippen LogP contribution in [-0.4, -0.2) is 46.0 Å². The van der Waals surface area contributed by atoms with Gasteiger partial charge in [-0.2, -0.15) is 0 Å². The maximum Gasteiger partial charge on any atom is 0.243 e. The number of fused-ring (bicyclic) bond motifs is 1. The Morgan fingerprint density at radius 3 is 2.81 bits per heavy atom. The average Bonchev–Trinajstić information content (AvgIpc) is 3.52.